The van der Waals surface area contributed by atoms with Gasteiger partial charge in [-0.15, -0.1) is 0 Å². The lowest BCUT2D eigenvalue weighted by atomic mass is 10.1. The van der Waals surface area contributed by atoms with Crippen LogP contribution in [0.2, 0.25) is 5.02 Å². The number of thioether (sulfide) groups is 1. The number of carbonyl (C=O) groups excluding carboxylic acids is 3. The first-order valence-electron chi connectivity index (χ1n) is 8.76. The van der Waals surface area contributed by atoms with E-state index < -0.39 is 17.1 Å². The van der Waals surface area contributed by atoms with Crippen LogP contribution in [0.3, 0.4) is 0 Å². The lowest BCUT2D eigenvalue weighted by Crippen LogP contribution is -2.27. The molecule has 2 aromatic carbocycles. The van der Waals surface area contributed by atoms with Crippen LogP contribution in [0.4, 0.5) is 4.79 Å². The molecule has 0 saturated carbocycles. The second-order valence-electron chi connectivity index (χ2n) is 6.22. The van der Waals surface area contributed by atoms with Gasteiger partial charge in [0, 0.05) is 0 Å². The molecule has 158 valence electrons. The molecule has 1 aliphatic heterocycles. The Bertz CT molecular complexity index is 1120. The van der Waals surface area contributed by atoms with Gasteiger partial charge in [0.15, 0.2) is 12.4 Å². The van der Waals surface area contributed by atoms with Crippen LogP contribution in [-0.4, -0.2) is 35.7 Å². The monoisotopic (exact) mass is 520 g/mol. The van der Waals surface area contributed by atoms with Crippen LogP contribution in [0.1, 0.15) is 16.7 Å². The van der Waals surface area contributed by atoms with Crippen molar-refractivity contribution in [2.45, 2.75) is 6.54 Å². The molecule has 0 spiro atoms. The molecule has 0 bridgehead atoms. The van der Waals surface area contributed by atoms with Gasteiger partial charge < -0.3 is 9.47 Å². The van der Waals surface area contributed by atoms with Crippen LogP contribution in [0.15, 0.2) is 45.8 Å². The molecule has 7 nitrogen and oxygen atoms in total. The smallest absolute Gasteiger partial charge is 0.343 e. The molecule has 3 rings (SSSR count). The molecular formula is C21H14BrClN2O5S. The van der Waals surface area contributed by atoms with Gasteiger partial charge in [0.25, 0.3) is 11.1 Å². The molecule has 1 saturated heterocycles. The molecule has 2 amide bonds. The number of hydrogen-bond donors (Lipinski definition) is 0. The van der Waals surface area contributed by atoms with Gasteiger partial charge in [-0.2, -0.15) is 5.26 Å². The number of hydrogen-bond acceptors (Lipinski definition) is 7. The van der Waals surface area contributed by atoms with Gasteiger partial charge in [0.2, 0.25) is 0 Å². The number of ether oxygens (including phenoxy) is 2. The highest BCUT2D eigenvalue weighted by Gasteiger charge is 2.35. The summed E-state index contributed by atoms with van der Waals surface area (Å²) in [6.45, 7) is -0.298. The van der Waals surface area contributed by atoms with Crippen molar-refractivity contribution in [3.63, 3.8) is 0 Å². The van der Waals surface area contributed by atoms with Crippen molar-refractivity contribution in [1.29, 1.82) is 5.26 Å². The van der Waals surface area contributed by atoms with E-state index in [1.165, 1.54) is 7.11 Å². The molecule has 31 heavy (non-hydrogen) atoms. The fourth-order valence-electron chi connectivity index (χ4n) is 2.72. The Labute approximate surface area is 195 Å². The molecule has 1 heterocycles. The average Bonchev–Trinajstić information content (AvgIpc) is 3.00. The Kier molecular flexibility index (Phi) is 7.38. The molecular weight excluding hydrogens is 508 g/mol. The highest BCUT2D eigenvalue weighted by molar-refractivity contribution is 9.10. The Morgan fingerprint density at radius 3 is 2.74 bits per heavy atom. The largest absolute Gasteiger partial charge is 0.479 e. The molecule has 0 atom stereocenters. The zero-order valence-electron chi connectivity index (χ0n) is 16.1. The van der Waals surface area contributed by atoms with Gasteiger partial charge in [-0.3, -0.25) is 14.5 Å². The minimum atomic E-state index is -0.557. The van der Waals surface area contributed by atoms with E-state index in [0.717, 1.165) is 16.7 Å². The topological polar surface area (TPSA) is 96.7 Å². The average molecular weight is 522 g/mol. The summed E-state index contributed by atoms with van der Waals surface area (Å²) in [7, 11) is 1.25. The molecule has 1 fully saturated rings. The number of nitriles is 1. The molecule has 2 aromatic rings. The van der Waals surface area contributed by atoms with E-state index in [1.54, 1.807) is 42.5 Å². The molecule has 0 aromatic heterocycles. The van der Waals surface area contributed by atoms with Gasteiger partial charge >= 0.3 is 5.97 Å². The maximum atomic E-state index is 12.8. The Balaban J connectivity index is 1.81. The third kappa shape index (κ3) is 5.28. The number of halogens is 2. The van der Waals surface area contributed by atoms with Crippen molar-refractivity contribution in [2.75, 3.05) is 13.7 Å². The van der Waals surface area contributed by atoms with Gasteiger partial charge in [-0.1, -0.05) is 29.8 Å². The van der Waals surface area contributed by atoms with Gasteiger partial charge in [0.05, 0.1) is 39.7 Å². The second-order valence-corrected chi connectivity index (χ2v) is 8.47. The Hall–Kier alpha value is -2.80. The highest BCUT2D eigenvalue weighted by atomic mass is 79.9. The standard InChI is InChI=1S/C21H14BrClN2O5S/c1-29-18(26)11-30-19-15(22)6-12(7-16(19)23)8-17-20(27)25(21(28)31-17)10-14-5-3-2-4-13(14)9-24/h2-8H,10-11H2,1H3/b17-8+. The van der Waals surface area contributed by atoms with Crippen LogP contribution in [0.25, 0.3) is 6.08 Å². The van der Waals surface area contributed by atoms with Crippen molar-refractivity contribution < 1.29 is 23.9 Å². The predicted molar refractivity (Wildman–Crippen MR) is 119 cm³/mol. The zero-order valence-corrected chi connectivity index (χ0v) is 19.2. The van der Waals surface area contributed by atoms with Gasteiger partial charge in [-0.05, 0) is 63.1 Å². The third-order valence-electron chi connectivity index (χ3n) is 4.22. The van der Waals surface area contributed by atoms with Crippen LogP contribution >= 0.6 is 39.3 Å². The number of carbonyl (C=O) groups is 3. The van der Waals surface area contributed by atoms with E-state index in [-0.39, 0.29) is 28.8 Å². The minimum Gasteiger partial charge on any atom is -0.479 e. The molecule has 0 N–H and O–H groups in total. The van der Waals surface area contributed by atoms with E-state index >= 15 is 0 Å². The minimum absolute atomic E-state index is 0.0104. The number of nitrogens with zero attached hydrogens (tertiary/aromatic N) is 2. The van der Waals surface area contributed by atoms with Crippen LogP contribution in [-0.2, 0) is 20.9 Å². The van der Waals surface area contributed by atoms with Crippen molar-refractivity contribution in [3.8, 4) is 11.8 Å². The number of amides is 2. The van der Waals surface area contributed by atoms with Crippen LogP contribution in [0.5, 0.6) is 5.75 Å². The van der Waals surface area contributed by atoms with Gasteiger partial charge in [0.1, 0.15) is 0 Å². The van der Waals surface area contributed by atoms with Crippen molar-refractivity contribution in [3.05, 3.63) is 67.5 Å². The number of benzene rings is 2. The fraction of sp³-hybridized carbons (Fsp3) is 0.143. The first-order chi connectivity index (χ1) is 14.8. The molecule has 1 aliphatic rings. The Morgan fingerprint density at radius 2 is 2.06 bits per heavy atom. The molecule has 10 heteroatoms. The number of rotatable bonds is 6. The first kappa shape index (κ1) is 22.9. The number of esters is 1. The van der Waals surface area contributed by atoms with E-state index in [9.17, 15) is 19.6 Å². The summed E-state index contributed by atoms with van der Waals surface area (Å²) in [5.41, 5.74) is 1.56. The van der Waals surface area contributed by atoms with E-state index in [1.807, 2.05) is 0 Å². The van der Waals surface area contributed by atoms with Crippen LogP contribution in [0, 0.1) is 11.3 Å². The first-order valence-corrected chi connectivity index (χ1v) is 10.7. The number of imide groups is 1. The Morgan fingerprint density at radius 1 is 1.32 bits per heavy atom. The van der Waals surface area contributed by atoms with E-state index in [2.05, 4.69) is 26.7 Å². The van der Waals surface area contributed by atoms with E-state index in [4.69, 9.17) is 16.3 Å². The third-order valence-corrected chi connectivity index (χ3v) is 6.00. The fourth-order valence-corrected chi connectivity index (χ4v) is 4.54. The maximum Gasteiger partial charge on any atom is 0.343 e. The summed E-state index contributed by atoms with van der Waals surface area (Å²) in [5.74, 6) is -0.759. The summed E-state index contributed by atoms with van der Waals surface area (Å²) in [6, 6.07) is 12.1. The molecule has 0 radical (unpaired) electrons. The maximum absolute atomic E-state index is 12.8. The lowest BCUT2D eigenvalue weighted by molar-refractivity contribution is -0.142. The van der Waals surface area contributed by atoms with E-state index in [0.29, 0.717) is 21.2 Å². The van der Waals surface area contributed by atoms with Gasteiger partial charge in [-0.25, -0.2) is 4.79 Å². The summed E-state index contributed by atoms with van der Waals surface area (Å²) < 4.78 is 10.4. The van der Waals surface area contributed by atoms with Crippen molar-refractivity contribution in [2.24, 2.45) is 0 Å². The SMILES string of the molecule is COC(=O)COc1c(Cl)cc(/C=C2/SC(=O)N(Cc3ccccc3C#N)C2=O)cc1Br. The molecule has 0 unspecified atom stereocenters. The molecule has 0 aliphatic carbocycles. The summed E-state index contributed by atoms with van der Waals surface area (Å²) in [6.07, 6.45) is 1.54. The normalized spacial score (nSPS) is 14.6. The summed E-state index contributed by atoms with van der Waals surface area (Å²) >= 11 is 10.4. The summed E-state index contributed by atoms with van der Waals surface area (Å²) in [5, 5.41) is 9.01. The van der Waals surface area contributed by atoms with Crippen molar-refractivity contribution in [1.82, 2.24) is 4.90 Å². The second kappa shape index (κ2) is 10.0. The lowest BCUT2D eigenvalue weighted by Gasteiger charge is -2.13. The van der Waals surface area contributed by atoms with Crippen LogP contribution < -0.4 is 4.74 Å². The van der Waals surface area contributed by atoms with Crippen molar-refractivity contribution >= 4 is 62.5 Å². The quantitative estimate of drug-likeness (QED) is 0.399. The zero-order chi connectivity index (χ0) is 22.5. The summed E-state index contributed by atoms with van der Waals surface area (Å²) in [4.78, 5) is 37.8. The highest BCUT2D eigenvalue weighted by Crippen LogP contribution is 2.38. The number of methoxy groups -OCH3 is 1. The predicted octanol–water partition coefficient (Wildman–Crippen LogP) is 4.76.